The normalized spacial score (nSPS) is 15.4. The van der Waals surface area contributed by atoms with Gasteiger partial charge < -0.3 is 15.1 Å². The number of aryl methyl sites for hydroxylation is 1. The van der Waals surface area contributed by atoms with Gasteiger partial charge in [-0.05, 0) is 56.2 Å². The monoisotopic (exact) mass is 404 g/mol. The maximum atomic E-state index is 12.6. The number of hydrogen-bond acceptors (Lipinski definition) is 4. The first-order chi connectivity index (χ1) is 14.5. The molecule has 0 bridgehead atoms. The maximum absolute atomic E-state index is 12.6. The highest BCUT2D eigenvalue weighted by atomic mass is 16.3. The summed E-state index contributed by atoms with van der Waals surface area (Å²) in [7, 11) is 0. The number of furan rings is 1. The van der Waals surface area contributed by atoms with E-state index in [1.807, 2.05) is 43.3 Å². The molecule has 1 aliphatic heterocycles. The van der Waals surface area contributed by atoms with Gasteiger partial charge in [0.05, 0.1) is 5.69 Å². The third-order valence-corrected chi connectivity index (χ3v) is 5.30. The van der Waals surface area contributed by atoms with E-state index in [-0.39, 0.29) is 23.7 Å². The van der Waals surface area contributed by atoms with Crippen LogP contribution in [0.1, 0.15) is 29.0 Å². The molecule has 0 saturated carbocycles. The van der Waals surface area contributed by atoms with Crippen molar-refractivity contribution in [1.29, 1.82) is 0 Å². The largest absolute Gasteiger partial charge is 0.461 e. The zero-order valence-corrected chi connectivity index (χ0v) is 16.8. The standard InChI is InChI=1S/C23H24N4O3/c1-15-13-18-14-19(7-8-20(18)30-15)25-23(24)26-21(28)16-9-11-27(12-10-16)22(29)17-5-3-2-4-6-17/h2-8,13-14,16H,9-12H2,1H3,(H3,24,25,26,28). The lowest BCUT2D eigenvalue weighted by molar-refractivity contribution is -0.124. The molecular weight excluding hydrogens is 380 g/mol. The van der Waals surface area contributed by atoms with E-state index >= 15 is 0 Å². The molecule has 1 aromatic heterocycles. The van der Waals surface area contributed by atoms with Crippen molar-refractivity contribution in [2.45, 2.75) is 19.8 Å². The van der Waals surface area contributed by atoms with Crippen molar-refractivity contribution < 1.29 is 14.0 Å². The second-order valence-electron chi connectivity index (χ2n) is 7.50. The zero-order chi connectivity index (χ0) is 21.1. The molecule has 3 N–H and O–H groups in total. The van der Waals surface area contributed by atoms with Crippen molar-refractivity contribution in [2.24, 2.45) is 16.6 Å². The lowest BCUT2D eigenvalue weighted by atomic mass is 9.95. The molecule has 30 heavy (non-hydrogen) atoms. The van der Waals surface area contributed by atoms with Crippen LogP contribution in [0.15, 0.2) is 64.0 Å². The van der Waals surface area contributed by atoms with Crippen LogP contribution in [0.2, 0.25) is 0 Å². The minimum atomic E-state index is -0.197. The third-order valence-electron chi connectivity index (χ3n) is 5.30. The number of guanidine groups is 1. The van der Waals surface area contributed by atoms with Crippen LogP contribution in [0.25, 0.3) is 11.0 Å². The summed E-state index contributed by atoms with van der Waals surface area (Å²) in [5.74, 6) is 0.521. The number of nitrogens with two attached hydrogens (primary N) is 1. The van der Waals surface area contributed by atoms with Gasteiger partial charge in [-0.1, -0.05) is 18.2 Å². The van der Waals surface area contributed by atoms with Crippen LogP contribution >= 0.6 is 0 Å². The quantitative estimate of drug-likeness (QED) is 0.516. The summed E-state index contributed by atoms with van der Waals surface area (Å²) in [6.45, 7) is 2.97. The Kier molecular flexibility index (Phi) is 5.52. The second kappa shape index (κ2) is 8.41. The Bertz CT molecular complexity index is 1100. The number of amides is 2. The van der Waals surface area contributed by atoms with Crippen molar-refractivity contribution >= 4 is 34.4 Å². The predicted octanol–water partition coefficient (Wildman–Crippen LogP) is 3.36. The van der Waals surface area contributed by atoms with Gasteiger partial charge in [-0.3, -0.25) is 14.9 Å². The summed E-state index contributed by atoms with van der Waals surface area (Å²) in [6.07, 6.45) is 1.19. The van der Waals surface area contributed by atoms with Crippen LogP contribution in [0.5, 0.6) is 0 Å². The van der Waals surface area contributed by atoms with Gasteiger partial charge in [0, 0.05) is 30.0 Å². The van der Waals surface area contributed by atoms with Crippen LogP contribution in [0.3, 0.4) is 0 Å². The van der Waals surface area contributed by atoms with Crippen LogP contribution in [0, 0.1) is 12.8 Å². The summed E-state index contributed by atoms with van der Waals surface area (Å²) in [5.41, 5.74) is 8.04. The number of benzene rings is 2. The second-order valence-corrected chi connectivity index (χ2v) is 7.50. The summed E-state index contributed by atoms with van der Waals surface area (Å²) in [6, 6.07) is 16.6. The van der Waals surface area contributed by atoms with Crippen LogP contribution in [0.4, 0.5) is 5.69 Å². The van der Waals surface area contributed by atoms with E-state index in [1.165, 1.54) is 0 Å². The highest BCUT2D eigenvalue weighted by Crippen LogP contribution is 2.24. The molecule has 3 aromatic rings. The number of rotatable bonds is 3. The molecule has 1 saturated heterocycles. The van der Waals surface area contributed by atoms with Gasteiger partial charge in [0.25, 0.3) is 5.91 Å². The molecular formula is C23H24N4O3. The van der Waals surface area contributed by atoms with E-state index < -0.39 is 0 Å². The molecule has 0 spiro atoms. The number of piperidine rings is 1. The molecule has 2 heterocycles. The SMILES string of the molecule is Cc1cc2cc(N=C(N)NC(=O)C3CCN(C(=O)c4ccccc4)CC3)ccc2o1. The molecule has 1 aliphatic rings. The number of carbonyl (C=O) groups excluding carboxylic acids is 2. The van der Waals surface area contributed by atoms with E-state index in [1.54, 1.807) is 23.1 Å². The summed E-state index contributed by atoms with van der Waals surface area (Å²) < 4.78 is 5.55. The lowest BCUT2D eigenvalue weighted by Crippen LogP contribution is -2.46. The fraction of sp³-hybridized carbons (Fsp3) is 0.261. The molecule has 7 nitrogen and oxygen atoms in total. The molecule has 154 valence electrons. The molecule has 2 aromatic carbocycles. The minimum absolute atomic E-state index is 0.000380. The third kappa shape index (κ3) is 4.35. The van der Waals surface area contributed by atoms with Gasteiger partial charge in [-0.15, -0.1) is 0 Å². The van der Waals surface area contributed by atoms with Gasteiger partial charge in [0.1, 0.15) is 11.3 Å². The Morgan fingerprint density at radius 2 is 1.83 bits per heavy atom. The number of nitrogens with zero attached hydrogens (tertiary/aromatic N) is 2. The van der Waals surface area contributed by atoms with Crippen molar-refractivity contribution in [3.63, 3.8) is 0 Å². The van der Waals surface area contributed by atoms with Crippen molar-refractivity contribution in [3.05, 3.63) is 65.9 Å². The number of hydrogen-bond donors (Lipinski definition) is 2. The van der Waals surface area contributed by atoms with Crippen molar-refractivity contribution in [1.82, 2.24) is 10.2 Å². The average Bonchev–Trinajstić information content (AvgIpc) is 3.13. The molecule has 7 heteroatoms. The summed E-state index contributed by atoms with van der Waals surface area (Å²) >= 11 is 0. The van der Waals surface area contributed by atoms with E-state index in [2.05, 4.69) is 10.3 Å². The van der Waals surface area contributed by atoms with Gasteiger partial charge in [-0.2, -0.15) is 0 Å². The van der Waals surface area contributed by atoms with Crippen LogP contribution in [-0.2, 0) is 4.79 Å². The van der Waals surface area contributed by atoms with Crippen LogP contribution < -0.4 is 11.1 Å². The molecule has 2 amide bonds. The molecule has 4 rings (SSSR count). The number of aliphatic imine (C=N–C) groups is 1. The van der Waals surface area contributed by atoms with Crippen LogP contribution in [-0.4, -0.2) is 35.8 Å². The summed E-state index contributed by atoms with van der Waals surface area (Å²) in [4.78, 5) is 31.2. The Labute approximate surface area is 174 Å². The smallest absolute Gasteiger partial charge is 0.253 e. The molecule has 0 aliphatic carbocycles. The number of carbonyl (C=O) groups is 2. The number of nitrogens with one attached hydrogen (secondary N) is 1. The Balaban J connectivity index is 1.33. The molecule has 0 atom stereocenters. The minimum Gasteiger partial charge on any atom is -0.461 e. The number of likely N-dealkylation sites (tertiary alicyclic amines) is 1. The van der Waals surface area contributed by atoms with Gasteiger partial charge in [0.15, 0.2) is 0 Å². The number of fused-ring (bicyclic) bond motifs is 1. The first-order valence-electron chi connectivity index (χ1n) is 9.99. The molecule has 0 radical (unpaired) electrons. The van der Waals surface area contributed by atoms with Gasteiger partial charge in [-0.25, -0.2) is 4.99 Å². The predicted molar refractivity (Wildman–Crippen MR) is 115 cm³/mol. The first kappa shape index (κ1) is 19.7. The van der Waals surface area contributed by atoms with Gasteiger partial charge in [0.2, 0.25) is 11.9 Å². The average molecular weight is 404 g/mol. The fourth-order valence-electron chi connectivity index (χ4n) is 3.74. The highest BCUT2D eigenvalue weighted by molar-refractivity contribution is 5.99. The van der Waals surface area contributed by atoms with E-state index in [0.717, 1.165) is 16.7 Å². The Morgan fingerprint density at radius 3 is 2.57 bits per heavy atom. The Hall–Kier alpha value is -3.61. The lowest BCUT2D eigenvalue weighted by Gasteiger charge is -2.31. The summed E-state index contributed by atoms with van der Waals surface area (Å²) in [5, 5.41) is 3.62. The van der Waals surface area contributed by atoms with Crippen molar-refractivity contribution in [2.75, 3.05) is 13.1 Å². The van der Waals surface area contributed by atoms with Gasteiger partial charge >= 0.3 is 0 Å². The van der Waals surface area contributed by atoms with E-state index in [0.29, 0.717) is 37.2 Å². The highest BCUT2D eigenvalue weighted by Gasteiger charge is 2.28. The molecule has 1 fully saturated rings. The van der Waals surface area contributed by atoms with E-state index in [4.69, 9.17) is 10.2 Å². The molecule has 0 unspecified atom stereocenters. The Morgan fingerprint density at radius 1 is 1.10 bits per heavy atom. The topological polar surface area (TPSA) is 101 Å². The zero-order valence-electron chi connectivity index (χ0n) is 16.8. The first-order valence-corrected chi connectivity index (χ1v) is 9.99. The fourth-order valence-corrected chi connectivity index (χ4v) is 3.74. The maximum Gasteiger partial charge on any atom is 0.253 e. The van der Waals surface area contributed by atoms with Crippen molar-refractivity contribution in [3.8, 4) is 0 Å². The van der Waals surface area contributed by atoms with E-state index in [9.17, 15) is 9.59 Å².